The van der Waals surface area contributed by atoms with Gasteiger partial charge in [-0.1, -0.05) is 34.1 Å². The lowest BCUT2D eigenvalue weighted by Gasteiger charge is -2.45. The van der Waals surface area contributed by atoms with Gasteiger partial charge in [0.1, 0.15) is 0 Å². The predicted molar refractivity (Wildman–Crippen MR) is 62.6 cm³/mol. The monoisotopic (exact) mass is 209 g/mol. The first kappa shape index (κ1) is 12.4. The van der Waals surface area contributed by atoms with E-state index in [1.54, 1.807) is 6.08 Å². The minimum Gasteiger partial charge on any atom is -0.211 e. The van der Waals surface area contributed by atoms with E-state index in [1.807, 2.05) is 0 Å². The summed E-state index contributed by atoms with van der Waals surface area (Å²) >= 11 is 0. The number of aliphatic imine (C=N–C) groups is 1. The van der Waals surface area contributed by atoms with E-state index in [0.29, 0.717) is 10.8 Å². The largest absolute Gasteiger partial charge is 0.235 e. The van der Waals surface area contributed by atoms with Crippen LogP contribution in [-0.4, -0.2) is 12.1 Å². The number of nitrogens with zero attached hydrogens (tertiary/aromatic N) is 1. The molecular formula is C13H23NO. The predicted octanol–water partition coefficient (Wildman–Crippen LogP) is 3.71. The normalized spacial score (nSPS) is 34.5. The molecule has 86 valence electrons. The fraction of sp³-hybridized carbons (Fsp3) is 0.923. The number of hydrogen-bond acceptors (Lipinski definition) is 2. The second kappa shape index (κ2) is 4.49. The van der Waals surface area contributed by atoms with Crippen molar-refractivity contribution in [3.63, 3.8) is 0 Å². The number of isocyanates is 1. The smallest absolute Gasteiger partial charge is 0.211 e. The highest BCUT2D eigenvalue weighted by molar-refractivity contribution is 5.33. The van der Waals surface area contributed by atoms with Crippen LogP contribution in [0.4, 0.5) is 0 Å². The van der Waals surface area contributed by atoms with Crippen LogP contribution in [0.1, 0.15) is 59.8 Å². The van der Waals surface area contributed by atoms with E-state index in [2.05, 4.69) is 32.7 Å². The molecule has 1 aliphatic carbocycles. The fourth-order valence-electron chi connectivity index (χ4n) is 3.54. The molecule has 0 N–H and O–H groups in total. The molecule has 0 radical (unpaired) electrons. The summed E-state index contributed by atoms with van der Waals surface area (Å²) < 4.78 is 0. The lowest BCUT2D eigenvalue weighted by atomic mass is 9.61. The van der Waals surface area contributed by atoms with Gasteiger partial charge in [-0.15, -0.1) is 0 Å². The zero-order valence-electron chi connectivity index (χ0n) is 10.5. The van der Waals surface area contributed by atoms with Crippen molar-refractivity contribution in [2.24, 2.45) is 15.8 Å². The first-order chi connectivity index (χ1) is 6.91. The lowest BCUT2D eigenvalue weighted by Crippen LogP contribution is -2.37. The lowest BCUT2D eigenvalue weighted by molar-refractivity contribution is 0.0760. The Kier molecular flexibility index (Phi) is 3.72. The topological polar surface area (TPSA) is 29.4 Å². The van der Waals surface area contributed by atoms with Gasteiger partial charge in [0, 0.05) is 0 Å². The molecule has 0 saturated heterocycles. The first-order valence-electron chi connectivity index (χ1n) is 5.98. The van der Waals surface area contributed by atoms with Gasteiger partial charge in [0.2, 0.25) is 6.08 Å². The Morgan fingerprint density at radius 3 is 2.53 bits per heavy atom. The molecule has 0 aromatic rings. The highest BCUT2D eigenvalue weighted by Crippen LogP contribution is 2.49. The quantitative estimate of drug-likeness (QED) is 0.514. The molecule has 1 rings (SSSR count). The molecule has 2 atom stereocenters. The molecule has 1 saturated carbocycles. The number of carbonyl (C=O) groups excluding carboxylic acids is 1. The van der Waals surface area contributed by atoms with Crippen molar-refractivity contribution in [1.82, 2.24) is 0 Å². The molecule has 1 aliphatic rings. The summed E-state index contributed by atoms with van der Waals surface area (Å²) in [6.07, 6.45) is 7.51. The Hall–Kier alpha value is -0.620. The molecule has 0 aliphatic heterocycles. The van der Waals surface area contributed by atoms with Crippen LogP contribution < -0.4 is 0 Å². The molecule has 1 fully saturated rings. The molecule has 0 amide bonds. The summed E-state index contributed by atoms with van der Waals surface area (Å²) in [5, 5.41) is 0. The van der Waals surface area contributed by atoms with Crippen LogP contribution in [-0.2, 0) is 4.79 Å². The summed E-state index contributed by atoms with van der Waals surface area (Å²) in [6, 6.07) is 0.197. The SMILES string of the molecule is CCCC1(C)CC(N=C=O)CC(C)(C)C1. The second-order valence-corrected chi connectivity index (χ2v) is 6.18. The molecule has 0 bridgehead atoms. The van der Waals surface area contributed by atoms with Crippen LogP contribution in [0.15, 0.2) is 4.99 Å². The molecular weight excluding hydrogens is 186 g/mol. The Morgan fingerprint density at radius 1 is 1.33 bits per heavy atom. The van der Waals surface area contributed by atoms with E-state index in [0.717, 1.165) is 12.8 Å². The van der Waals surface area contributed by atoms with Crippen molar-refractivity contribution in [2.45, 2.75) is 65.8 Å². The maximum absolute atomic E-state index is 10.4. The Morgan fingerprint density at radius 2 is 2.00 bits per heavy atom. The number of rotatable bonds is 3. The van der Waals surface area contributed by atoms with Gasteiger partial charge >= 0.3 is 0 Å². The summed E-state index contributed by atoms with van der Waals surface area (Å²) in [6.45, 7) is 9.14. The minimum atomic E-state index is 0.197. The fourth-order valence-corrected chi connectivity index (χ4v) is 3.54. The summed E-state index contributed by atoms with van der Waals surface area (Å²) in [5.74, 6) is 0. The molecule has 0 aromatic heterocycles. The zero-order chi connectivity index (χ0) is 11.5. The maximum atomic E-state index is 10.4. The van der Waals surface area contributed by atoms with Gasteiger partial charge in [0.25, 0.3) is 0 Å². The van der Waals surface area contributed by atoms with E-state index in [1.165, 1.54) is 19.3 Å². The van der Waals surface area contributed by atoms with Gasteiger partial charge in [0.05, 0.1) is 6.04 Å². The third-order valence-electron chi connectivity index (χ3n) is 3.51. The third kappa shape index (κ3) is 3.46. The van der Waals surface area contributed by atoms with Crippen LogP contribution in [0, 0.1) is 10.8 Å². The maximum Gasteiger partial charge on any atom is 0.235 e. The average Bonchev–Trinajstić information content (AvgIpc) is 1.99. The van der Waals surface area contributed by atoms with Gasteiger partial charge < -0.3 is 0 Å². The average molecular weight is 209 g/mol. The Balaban J connectivity index is 2.79. The summed E-state index contributed by atoms with van der Waals surface area (Å²) in [5.41, 5.74) is 0.675. The third-order valence-corrected chi connectivity index (χ3v) is 3.51. The first-order valence-corrected chi connectivity index (χ1v) is 5.98. The molecule has 0 heterocycles. The van der Waals surface area contributed by atoms with Gasteiger partial charge in [0.15, 0.2) is 0 Å². The Bertz CT molecular complexity index is 266. The van der Waals surface area contributed by atoms with Crippen molar-refractivity contribution in [1.29, 1.82) is 0 Å². The van der Waals surface area contributed by atoms with Crippen molar-refractivity contribution in [2.75, 3.05) is 0 Å². The van der Waals surface area contributed by atoms with Gasteiger partial charge in [-0.2, -0.15) is 0 Å². The molecule has 2 heteroatoms. The van der Waals surface area contributed by atoms with E-state index < -0.39 is 0 Å². The second-order valence-electron chi connectivity index (χ2n) is 6.18. The van der Waals surface area contributed by atoms with Gasteiger partial charge in [-0.05, 0) is 36.5 Å². The zero-order valence-corrected chi connectivity index (χ0v) is 10.5. The van der Waals surface area contributed by atoms with Crippen molar-refractivity contribution >= 4 is 6.08 Å². The molecule has 15 heavy (non-hydrogen) atoms. The van der Waals surface area contributed by atoms with E-state index in [4.69, 9.17) is 0 Å². The summed E-state index contributed by atoms with van der Waals surface area (Å²) in [7, 11) is 0. The highest BCUT2D eigenvalue weighted by Gasteiger charge is 2.40. The van der Waals surface area contributed by atoms with Crippen LogP contribution in [0.2, 0.25) is 0 Å². The number of hydrogen-bond donors (Lipinski definition) is 0. The van der Waals surface area contributed by atoms with Crippen LogP contribution in [0.5, 0.6) is 0 Å². The minimum absolute atomic E-state index is 0.197. The van der Waals surface area contributed by atoms with E-state index in [-0.39, 0.29) is 6.04 Å². The van der Waals surface area contributed by atoms with Crippen LogP contribution >= 0.6 is 0 Å². The van der Waals surface area contributed by atoms with Gasteiger partial charge in [-0.25, -0.2) is 9.79 Å². The van der Waals surface area contributed by atoms with Crippen molar-refractivity contribution in [3.05, 3.63) is 0 Å². The summed E-state index contributed by atoms with van der Waals surface area (Å²) in [4.78, 5) is 14.3. The van der Waals surface area contributed by atoms with E-state index in [9.17, 15) is 4.79 Å². The standard InChI is InChI=1S/C13H23NO/c1-5-6-13(4)8-11(14-10-15)7-12(2,3)9-13/h11H,5-9H2,1-4H3. The van der Waals surface area contributed by atoms with Crippen molar-refractivity contribution in [3.8, 4) is 0 Å². The van der Waals surface area contributed by atoms with Crippen LogP contribution in [0.3, 0.4) is 0 Å². The Labute approximate surface area is 93.2 Å². The molecule has 2 unspecified atom stereocenters. The van der Waals surface area contributed by atoms with Crippen molar-refractivity contribution < 1.29 is 4.79 Å². The molecule has 2 nitrogen and oxygen atoms in total. The van der Waals surface area contributed by atoms with Crippen LogP contribution in [0.25, 0.3) is 0 Å². The molecule has 0 aromatic carbocycles. The molecule has 0 spiro atoms. The van der Waals surface area contributed by atoms with E-state index >= 15 is 0 Å². The highest BCUT2D eigenvalue weighted by atomic mass is 16.1. The van der Waals surface area contributed by atoms with Gasteiger partial charge in [-0.3, -0.25) is 0 Å².